The highest BCUT2D eigenvalue weighted by molar-refractivity contribution is 6.07. The number of ketones is 1. The molecule has 4 nitrogen and oxygen atoms in total. The molecule has 0 saturated heterocycles. The molecule has 4 bridgehead atoms. The molecule has 0 heterocycles. The average Bonchev–Trinajstić information content (AvgIpc) is 3.59. The van der Waals surface area contributed by atoms with Crippen LogP contribution in [0.5, 0.6) is 0 Å². The van der Waals surface area contributed by atoms with Crippen LogP contribution in [0.25, 0.3) is 5.57 Å². The predicted octanol–water partition coefficient (Wildman–Crippen LogP) is 7.50. The van der Waals surface area contributed by atoms with Crippen molar-refractivity contribution in [2.24, 2.45) is 23.2 Å². The highest BCUT2D eigenvalue weighted by atomic mass is 16.6. The molecule has 38 heavy (non-hydrogen) atoms. The van der Waals surface area contributed by atoms with Crippen molar-refractivity contribution in [3.05, 3.63) is 165 Å². The maximum Gasteiger partial charge on any atom is 0.269 e. The van der Waals surface area contributed by atoms with Crippen LogP contribution in [-0.4, -0.2) is 10.7 Å². The van der Waals surface area contributed by atoms with Crippen LogP contribution < -0.4 is 0 Å². The summed E-state index contributed by atoms with van der Waals surface area (Å²) in [6.07, 6.45) is 4.52. The normalized spacial score (nSPS) is 26.2. The molecule has 4 aliphatic carbocycles. The second-order valence-corrected chi connectivity index (χ2v) is 10.4. The standard InChI is InChI=1S/C34H25NO3/c36-33(25-14-8-3-9-15-25)34-28-21-20-27(31(34)24-16-18-26(19-17-24)35(37)38)30(32(28)34)29(22-10-4-1-5-11-22)23-12-6-2-7-13-23/h1-21,27-28,31-32H/t27?,28?,31-,32?,34?/m0/s1. The van der Waals surface area contributed by atoms with Crippen molar-refractivity contribution >= 4 is 17.0 Å². The summed E-state index contributed by atoms with van der Waals surface area (Å²) in [7, 11) is 0. The van der Waals surface area contributed by atoms with Crippen molar-refractivity contribution in [1.29, 1.82) is 0 Å². The third-order valence-electron chi connectivity index (χ3n) is 8.72. The minimum Gasteiger partial charge on any atom is -0.293 e. The molecule has 0 radical (unpaired) electrons. The number of hydrogen-bond acceptors (Lipinski definition) is 3. The zero-order valence-electron chi connectivity index (χ0n) is 20.6. The van der Waals surface area contributed by atoms with Gasteiger partial charge in [-0.15, -0.1) is 0 Å². The lowest BCUT2D eigenvalue weighted by Gasteiger charge is -2.33. The van der Waals surface area contributed by atoms with Crippen LogP contribution >= 0.6 is 0 Å². The number of non-ortho nitro benzene ring substituents is 1. The first-order valence-electron chi connectivity index (χ1n) is 13.0. The fraction of sp³-hybridized carbons (Fsp3) is 0.147. The first kappa shape index (κ1) is 22.6. The van der Waals surface area contributed by atoms with E-state index in [4.69, 9.17) is 0 Å². The minimum atomic E-state index is -0.596. The predicted molar refractivity (Wildman–Crippen MR) is 148 cm³/mol. The van der Waals surface area contributed by atoms with Crippen LogP contribution in [0, 0.1) is 33.3 Å². The Balaban J connectivity index is 1.48. The summed E-state index contributed by atoms with van der Waals surface area (Å²) in [5, 5.41) is 11.4. The topological polar surface area (TPSA) is 60.2 Å². The van der Waals surface area contributed by atoms with E-state index in [9.17, 15) is 14.9 Å². The van der Waals surface area contributed by atoms with Crippen LogP contribution in [-0.2, 0) is 0 Å². The molecule has 0 amide bonds. The molecule has 2 saturated carbocycles. The van der Waals surface area contributed by atoms with Gasteiger partial charge in [-0.05, 0) is 33.8 Å². The third kappa shape index (κ3) is 3.13. The molecule has 0 aromatic heterocycles. The monoisotopic (exact) mass is 495 g/mol. The van der Waals surface area contributed by atoms with Gasteiger partial charge in [0, 0.05) is 35.4 Å². The van der Waals surface area contributed by atoms with Gasteiger partial charge in [0.15, 0.2) is 5.78 Å². The molecule has 0 aliphatic heterocycles. The Hall–Kier alpha value is -4.57. The highest BCUT2D eigenvalue weighted by Crippen LogP contribution is 2.82. The van der Waals surface area contributed by atoms with Gasteiger partial charge < -0.3 is 0 Å². The Morgan fingerprint density at radius 1 is 0.658 bits per heavy atom. The third-order valence-corrected chi connectivity index (χ3v) is 8.72. The Morgan fingerprint density at radius 2 is 1.18 bits per heavy atom. The molecule has 5 atom stereocenters. The smallest absolute Gasteiger partial charge is 0.269 e. The second-order valence-electron chi connectivity index (χ2n) is 10.4. The van der Waals surface area contributed by atoms with Gasteiger partial charge in [-0.2, -0.15) is 0 Å². The molecule has 0 spiro atoms. The number of nitro benzene ring substituents is 1. The summed E-state index contributed by atoms with van der Waals surface area (Å²) in [5.41, 5.74) is 5.97. The first-order valence-corrected chi connectivity index (χ1v) is 13.0. The summed E-state index contributed by atoms with van der Waals surface area (Å²) >= 11 is 0. The highest BCUT2D eigenvalue weighted by Gasteiger charge is 2.80. The van der Waals surface area contributed by atoms with Gasteiger partial charge in [0.2, 0.25) is 0 Å². The lowest BCUT2D eigenvalue weighted by molar-refractivity contribution is -0.384. The maximum atomic E-state index is 14.4. The number of rotatable bonds is 6. The number of allylic oxidation sites excluding steroid dienone is 3. The van der Waals surface area contributed by atoms with E-state index < -0.39 is 5.41 Å². The van der Waals surface area contributed by atoms with Crippen molar-refractivity contribution < 1.29 is 9.72 Å². The van der Waals surface area contributed by atoms with E-state index in [1.54, 1.807) is 12.1 Å². The number of benzene rings is 4. The number of Topliss-reactive ketones (excluding diaryl/α,β-unsaturated/α-hetero) is 1. The molecule has 4 unspecified atom stereocenters. The van der Waals surface area contributed by atoms with Gasteiger partial charge in [-0.3, -0.25) is 14.9 Å². The number of nitro groups is 1. The zero-order valence-corrected chi connectivity index (χ0v) is 20.6. The van der Waals surface area contributed by atoms with Crippen molar-refractivity contribution in [2.75, 3.05) is 0 Å². The minimum absolute atomic E-state index is 0.0227. The number of hydrogen-bond donors (Lipinski definition) is 0. The first-order chi connectivity index (χ1) is 18.6. The van der Waals surface area contributed by atoms with E-state index in [-0.39, 0.29) is 40.1 Å². The summed E-state index contributed by atoms with van der Waals surface area (Å²) in [6, 6.07) is 37.3. The van der Waals surface area contributed by atoms with E-state index in [1.807, 2.05) is 54.6 Å². The second kappa shape index (κ2) is 8.49. The zero-order chi connectivity index (χ0) is 25.9. The van der Waals surface area contributed by atoms with E-state index in [2.05, 4.69) is 60.7 Å². The molecule has 2 fully saturated rings. The summed E-state index contributed by atoms with van der Waals surface area (Å²) in [5.74, 6) is 0.280. The van der Waals surface area contributed by atoms with Crippen LogP contribution in [0.4, 0.5) is 5.69 Å². The molecular formula is C34H25NO3. The van der Waals surface area contributed by atoms with Crippen LogP contribution in [0.3, 0.4) is 0 Å². The average molecular weight is 496 g/mol. The largest absolute Gasteiger partial charge is 0.293 e. The fourth-order valence-electron chi connectivity index (χ4n) is 7.29. The number of carbonyl (C=O) groups is 1. The lowest BCUT2D eigenvalue weighted by atomic mass is 9.68. The SMILES string of the molecule is O=C(c1ccccc1)C12C3C=CC(C(=C(c4ccccc4)c4ccccc4)C31)[C@@H]2c1ccc([N+](=O)[O-])cc1. The summed E-state index contributed by atoms with van der Waals surface area (Å²) in [4.78, 5) is 25.4. The van der Waals surface area contributed by atoms with Gasteiger partial charge in [-0.25, -0.2) is 0 Å². The van der Waals surface area contributed by atoms with E-state index in [0.29, 0.717) is 0 Å². The van der Waals surface area contributed by atoms with Crippen molar-refractivity contribution in [3.63, 3.8) is 0 Å². The van der Waals surface area contributed by atoms with Crippen LogP contribution in [0.1, 0.15) is 33.0 Å². The molecule has 4 aliphatic rings. The maximum absolute atomic E-state index is 14.4. The van der Waals surface area contributed by atoms with E-state index >= 15 is 0 Å². The molecule has 8 rings (SSSR count). The lowest BCUT2D eigenvalue weighted by Crippen LogP contribution is -2.30. The molecule has 4 heteroatoms. The molecule has 4 aromatic rings. The molecule has 4 aromatic carbocycles. The number of nitrogens with zero attached hydrogens (tertiary/aromatic N) is 1. The van der Waals surface area contributed by atoms with Gasteiger partial charge in [0.1, 0.15) is 0 Å². The van der Waals surface area contributed by atoms with Gasteiger partial charge in [-0.1, -0.05) is 115 Å². The summed E-state index contributed by atoms with van der Waals surface area (Å²) < 4.78 is 0. The molecular weight excluding hydrogens is 470 g/mol. The van der Waals surface area contributed by atoms with Gasteiger partial charge in [0.05, 0.1) is 10.3 Å². The van der Waals surface area contributed by atoms with Crippen LogP contribution in [0.15, 0.2) is 133 Å². The van der Waals surface area contributed by atoms with Gasteiger partial charge >= 0.3 is 0 Å². The van der Waals surface area contributed by atoms with E-state index in [1.165, 1.54) is 11.1 Å². The molecule has 184 valence electrons. The van der Waals surface area contributed by atoms with Gasteiger partial charge in [0.25, 0.3) is 5.69 Å². The summed E-state index contributed by atoms with van der Waals surface area (Å²) in [6.45, 7) is 0. The Bertz CT molecular complexity index is 1570. The van der Waals surface area contributed by atoms with E-state index in [0.717, 1.165) is 22.3 Å². The quantitative estimate of drug-likeness (QED) is 0.120. The van der Waals surface area contributed by atoms with Crippen LogP contribution in [0.2, 0.25) is 0 Å². The van der Waals surface area contributed by atoms with Crippen molar-refractivity contribution in [1.82, 2.24) is 0 Å². The fourth-order valence-corrected chi connectivity index (χ4v) is 7.29. The molecule has 0 N–H and O–H groups in total. The van der Waals surface area contributed by atoms with Crippen molar-refractivity contribution in [2.45, 2.75) is 5.92 Å². The van der Waals surface area contributed by atoms with Crippen molar-refractivity contribution in [3.8, 4) is 0 Å². The Morgan fingerprint density at radius 3 is 1.71 bits per heavy atom. The number of carbonyl (C=O) groups excluding carboxylic acids is 1. The Kier molecular flexibility index (Phi) is 5.05. The Labute approximate surface area is 221 Å².